The minimum absolute atomic E-state index is 0.0993. The molecule has 1 atom stereocenters. The third kappa shape index (κ3) is 4.62. The second-order valence-electron chi connectivity index (χ2n) is 6.65. The van der Waals surface area contributed by atoms with E-state index in [-0.39, 0.29) is 18.5 Å². The van der Waals surface area contributed by atoms with Gasteiger partial charge in [-0.25, -0.2) is 9.18 Å². The maximum Gasteiger partial charge on any atom is 0.343 e. The summed E-state index contributed by atoms with van der Waals surface area (Å²) in [6.45, 7) is 4.51. The van der Waals surface area contributed by atoms with Gasteiger partial charge in [0.1, 0.15) is 11.6 Å². The molecule has 1 aliphatic heterocycles. The van der Waals surface area contributed by atoms with Crippen LogP contribution < -0.4 is 10.1 Å². The molecule has 0 spiro atoms. The number of carbonyl (C=O) groups excluding carboxylic acids is 1. The lowest BCUT2D eigenvalue weighted by Crippen LogP contribution is -2.24. The van der Waals surface area contributed by atoms with Crippen LogP contribution in [0.25, 0.3) is 0 Å². The Morgan fingerprint density at radius 2 is 2.04 bits per heavy atom. The number of benzene rings is 2. The Morgan fingerprint density at radius 3 is 2.74 bits per heavy atom. The number of hydrogen-bond acceptors (Lipinski definition) is 5. The van der Waals surface area contributed by atoms with Crippen molar-refractivity contribution in [1.82, 2.24) is 5.32 Å². The van der Waals surface area contributed by atoms with Crippen molar-refractivity contribution >= 4 is 17.7 Å². The quantitative estimate of drug-likeness (QED) is 0.746. The summed E-state index contributed by atoms with van der Waals surface area (Å²) in [6.07, 6.45) is 0.972. The van der Waals surface area contributed by atoms with Crippen molar-refractivity contribution in [3.63, 3.8) is 0 Å². The lowest BCUT2D eigenvalue weighted by molar-refractivity contribution is -0.142. The van der Waals surface area contributed by atoms with Gasteiger partial charge in [0.25, 0.3) is 0 Å². The number of thioether (sulfide) groups is 1. The van der Waals surface area contributed by atoms with Gasteiger partial charge in [-0.05, 0) is 54.3 Å². The first-order chi connectivity index (χ1) is 13.0. The van der Waals surface area contributed by atoms with E-state index in [1.54, 1.807) is 17.8 Å². The Hall–Kier alpha value is -2.05. The van der Waals surface area contributed by atoms with Crippen LogP contribution in [0.15, 0.2) is 35.2 Å². The van der Waals surface area contributed by atoms with Gasteiger partial charge in [-0.15, -0.1) is 11.8 Å². The van der Waals surface area contributed by atoms with E-state index < -0.39 is 5.97 Å². The molecule has 2 aromatic rings. The molecule has 1 heterocycles. The number of ether oxygens (including phenoxy) is 2. The van der Waals surface area contributed by atoms with Crippen molar-refractivity contribution in [2.75, 3.05) is 19.5 Å². The molecule has 2 aromatic carbocycles. The molecule has 0 radical (unpaired) electrons. The van der Waals surface area contributed by atoms with E-state index in [0.717, 1.165) is 39.3 Å². The molecule has 27 heavy (non-hydrogen) atoms. The lowest BCUT2D eigenvalue weighted by atomic mass is 10.0. The van der Waals surface area contributed by atoms with E-state index in [1.807, 2.05) is 19.9 Å². The third-order valence-corrected chi connectivity index (χ3v) is 5.82. The lowest BCUT2D eigenvalue weighted by Gasteiger charge is -2.26. The van der Waals surface area contributed by atoms with Gasteiger partial charge in [-0.2, -0.15) is 0 Å². The fraction of sp³-hybridized carbons (Fsp3) is 0.381. The van der Waals surface area contributed by atoms with Crippen LogP contribution in [0.1, 0.15) is 34.7 Å². The monoisotopic (exact) mass is 389 g/mol. The van der Waals surface area contributed by atoms with Crippen LogP contribution in [0.3, 0.4) is 0 Å². The molecule has 1 N–H and O–H groups in total. The molecular weight excluding hydrogens is 365 g/mol. The van der Waals surface area contributed by atoms with Crippen LogP contribution in [0.2, 0.25) is 0 Å². The van der Waals surface area contributed by atoms with Crippen LogP contribution in [0.5, 0.6) is 5.75 Å². The minimum atomic E-state index is -0.402. The fourth-order valence-corrected chi connectivity index (χ4v) is 4.54. The maximum absolute atomic E-state index is 14.0. The van der Waals surface area contributed by atoms with Crippen molar-refractivity contribution in [2.45, 2.75) is 37.8 Å². The van der Waals surface area contributed by atoms with E-state index in [0.29, 0.717) is 12.3 Å². The van der Waals surface area contributed by atoms with Crippen LogP contribution in [-0.4, -0.2) is 25.4 Å². The summed E-state index contributed by atoms with van der Waals surface area (Å²) < 4.78 is 24.2. The van der Waals surface area contributed by atoms with E-state index in [4.69, 9.17) is 4.74 Å². The molecule has 0 amide bonds. The topological polar surface area (TPSA) is 47.6 Å². The van der Waals surface area contributed by atoms with E-state index >= 15 is 0 Å². The predicted octanol–water partition coefficient (Wildman–Crippen LogP) is 4.32. The number of rotatable bonds is 6. The number of fused-ring (bicyclic) bond motifs is 1. The molecule has 0 bridgehead atoms. The number of halogens is 1. The average Bonchev–Trinajstić information content (AvgIpc) is 2.66. The van der Waals surface area contributed by atoms with Crippen LogP contribution in [-0.2, 0) is 16.1 Å². The normalized spacial score (nSPS) is 15.9. The highest BCUT2D eigenvalue weighted by molar-refractivity contribution is 7.99. The van der Waals surface area contributed by atoms with Crippen molar-refractivity contribution in [3.8, 4) is 5.75 Å². The first-order valence-corrected chi connectivity index (χ1v) is 9.92. The highest BCUT2D eigenvalue weighted by Crippen LogP contribution is 2.38. The largest absolute Gasteiger partial charge is 0.481 e. The van der Waals surface area contributed by atoms with E-state index in [1.165, 1.54) is 13.2 Å². The maximum atomic E-state index is 14.0. The zero-order chi connectivity index (χ0) is 19.4. The van der Waals surface area contributed by atoms with Crippen LogP contribution in [0, 0.1) is 19.7 Å². The SMILES string of the molecule is COC(=O)COc1c(C)cc(CNC2CCSc3c(F)cccc32)cc1C. The van der Waals surface area contributed by atoms with Crippen LogP contribution >= 0.6 is 11.8 Å². The highest BCUT2D eigenvalue weighted by Gasteiger charge is 2.22. The van der Waals surface area contributed by atoms with Gasteiger partial charge in [0.05, 0.1) is 7.11 Å². The molecular formula is C21H24FNO3S. The number of esters is 1. The smallest absolute Gasteiger partial charge is 0.343 e. The van der Waals surface area contributed by atoms with Crippen molar-refractivity contribution in [3.05, 3.63) is 58.4 Å². The highest BCUT2D eigenvalue weighted by atomic mass is 32.2. The van der Waals surface area contributed by atoms with Gasteiger partial charge < -0.3 is 14.8 Å². The number of hydrogen-bond donors (Lipinski definition) is 1. The Bertz CT molecular complexity index is 817. The molecule has 0 saturated heterocycles. The molecule has 4 nitrogen and oxygen atoms in total. The summed E-state index contributed by atoms with van der Waals surface area (Å²) in [5, 5.41) is 3.56. The fourth-order valence-electron chi connectivity index (χ4n) is 3.40. The molecule has 1 aliphatic rings. The van der Waals surface area contributed by atoms with Crippen molar-refractivity contribution in [1.29, 1.82) is 0 Å². The Kier molecular flexibility index (Phi) is 6.39. The molecule has 6 heteroatoms. The van der Waals surface area contributed by atoms with Gasteiger partial charge in [-0.1, -0.05) is 24.3 Å². The Morgan fingerprint density at radius 1 is 1.30 bits per heavy atom. The average molecular weight is 389 g/mol. The molecule has 1 unspecified atom stereocenters. The molecule has 3 rings (SSSR count). The summed E-state index contributed by atoms with van der Waals surface area (Å²) in [4.78, 5) is 12.1. The Balaban J connectivity index is 1.69. The molecule has 0 saturated carbocycles. The first-order valence-electron chi connectivity index (χ1n) is 8.94. The van der Waals surface area contributed by atoms with Gasteiger partial charge in [0.15, 0.2) is 6.61 Å². The van der Waals surface area contributed by atoms with E-state index in [9.17, 15) is 9.18 Å². The number of aryl methyl sites for hydroxylation is 2. The summed E-state index contributed by atoms with van der Waals surface area (Å²) in [5.74, 6) is 1.08. The zero-order valence-electron chi connectivity index (χ0n) is 15.8. The minimum Gasteiger partial charge on any atom is -0.481 e. The molecule has 0 aliphatic carbocycles. The van der Waals surface area contributed by atoms with Gasteiger partial charge in [-0.3, -0.25) is 0 Å². The summed E-state index contributed by atoms with van der Waals surface area (Å²) >= 11 is 1.59. The second kappa shape index (κ2) is 8.76. The summed E-state index contributed by atoms with van der Waals surface area (Å²) in [6, 6.07) is 9.55. The van der Waals surface area contributed by atoms with Crippen molar-refractivity contribution < 1.29 is 18.7 Å². The standard InChI is InChI=1S/C21H24FNO3S/c1-13-9-15(10-14(2)20(13)26-12-19(24)25-3)11-23-18-7-8-27-21-16(18)5-4-6-17(21)22/h4-6,9-10,18,23H,7-8,11-12H2,1-3H3. The van der Waals surface area contributed by atoms with Gasteiger partial charge in [0, 0.05) is 17.5 Å². The van der Waals surface area contributed by atoms with Gasteiger partial charge in [0.2, 0.25) is 0 Å². The van der Waals surface area contributed by atoms with Crippen molar-refractivity contribution in [2.24, 2.45) is 0 Å². The number of methoxy groups -OCH3 is 1. The van der Waals surface area contributed by atoms with Crippen LogP contribution in [0.4, 0.5) is 4.39 Å². The predicted molar refractivity (Wildman–Crippen MR) is 105 cm³/mol. The molecule has 144 valence electrons. The Labute approximate surface area is 163 Å². The van der Waals surface area contributed by atoms with Gasteiger partial charge >= 0.3 is 5.97 Å². The third-order valence-electron chi connectivity index (χ3n) is 4.66. The first kappa shape index (κ1) is 19.7. The zero-order valence-corrected chi connectivity index (χ0v) is 16.6. The van der Waals surface area contributed by atoms with E-state index in [2.05, 4.69) is 22.2 Å². The summed E-state index contributed by atoms with van der Waals surface area (Å²) in [7, 11) is 1.34. The second-order valence-corrected chi connectivity index (χ2v) is 7.76. The molecule has 0 fully saturated rings. The number of carbonyl (C=O) groups is 1. The number of nitrogens with one attached hydrogen (secondary N) is 1. The summed E-state index contributed by atoms with van der Waals surface area (Å²) in [5.41, 5.74) is 4.12. The molecule has 0 aromatic heterocycles.